The Balaban J connectivity index is 2.21. The second-order valence-corrected chi connectivity index (χ2v) is 7.51. The van der Waals surface area contributed by atoms with Gasteiger partial charge in [-0.15, -0.1) is 11.3 Å². The molecular weight excluding hydrogens is 440 g/mol. The molecule has 0 amide bonds. The Labute approximate surface area is 189 Å². The number of ether oxygens (including phenoxy) is 3. The van der Waals surface area contributed by atoms with Gasteiger partial charge in [-0.1, -0.05) is 0 Å². The summed E-state index contributed by atoms with van der Waals surface area (Å²) < 4.78 is 15.2. The quantitative estimate of drug-likeness (QED) is 0.334. The third-order valence-corrected chi connectivity index (χ3v) is 5.36. The molecule has 1 aromatic heterocycles. The second-order valence-electron chi connectivity index (χ2n) is 6.08. The molecule has 0 aliphatic carbocycles. The molecule has 0 saturated carbocycles. The molecule has 0 bridgehead atoms. The summed E-state index contributed by atoms with van der Waals surface area (Å²) in [5.41, 5.74) is 1.74. The average Bonchev–Trinajstić information content (AvgIpc) is 3.04. The van der Waals surface area contributed by atoms with Gasteiger partial charge in [-0.25, -0.2) is 14.4 Å². The predicted molar refractivity (Wildman–Crippen MR) is 123 cm³/mol. The van der Waals surface area contributed by atoms with Crippen molar-refractivity contribution in [3.05, 3.63) is 45.8 Å². The van der Waals surface area contributed by atoms with Crippen LogP contribution in [0.5, 0.6) is 0 Å². The van der Waals surface area contributed by atoms with Crippen molar-refractivity contribution in [1.29, 1.82) is 0 Å². The van der Waals surface area contributed by atoms with Gasteiger partial charge in [0, 0.05) is 5.69 Å². The molecule has 166 valence electrons. The summed E-state index contributed by atoms with van der Waals surface area (Å²) in [6.07, 6.45) is 0. The van der Waals surface area contributed by atoms with Crippen LogP contribution in [0.1, 0.15) is 56.7 Å². The highest BCUT2D eigenvalue weighted by molar-refractivity contribution is 7.80. The van der Waals surface area contributed by atoms with E-state index in [1.807, 2.05) is 0 Å². The minimum Gasteiger partial charge on any atom is -0.462 e. The van der Waals surface area contributed by atoms with Crippen molar-refractivity contribution in [2.75, 3.05) is 30.5 Å². The largest absolute Gasteiger partial charge is 0.462 e. The molecule has 2 rings (SSSR count). The van der Waals surface area contributed by atoms with Crippen LogP contribution in [0.4, 0.5) is 10.7 Å². The van der Waals surface area contributed by atoms with E-state index in [0.717, 1.165) is 11.3 Å². The number of hydrogen-bond acceptors (Lipinski definition) is 8. The third kappa shape index (κ3) is 6.25. The maximum absolute atomic E-state index is 12.5. The lowest BCUT2D eigenvalue weighted by molar-refractivity contribution is 0.0514. The first-order valence-electron chi connectivity index (χ1n) is 9.65. The van der Waals surface area contributed by atoms with Crippen LogP contribution in [0.2, 0.25) is 0 Å². The summed E-state index contributed by atoms with van der Waals surface area (Å²) in [5.74, 6) is -1.48. The average molecular weight is 465 g/mol. The van der Waals surface area contributed by atoms with Crippen LogP contribution in [-0.2, 0) is 14.2 Å². The number of carbonyl (C=O) groups excluding carboxylic acids is 3. The predicted octanol–water partition coefficient (Wildman–Crippen LogP) is 4.40. The van der Waals surface area contributed by atoms with Gasteiger partial charge in [0.1, 0.15) is 9.88 Å². The van der Waals surface area contributed by atoms with Gasteiger partial charge in [-0.2, -0.15) is 0 Å². The fourth-order valence-electron chi connectivity index (χ4n) is 2.61. The van der Waals surface area contributed by atoms with Gasteiger partial charge in [0.2, 0.25) is 0 Å². The number of thiocarbonyl (C=S) groups is 1. The molecule has 0 radical (unpaired) electrons. The molecule has 1 heterocycles. The minimum atomic E-state index is -0.559. The van der Waals surface area contributed by atoms with Gasteiger partial charge >= 0.3 is 17.9 Å². The van der Waals surface area contributed by atoms with E-state index in [1.54, 1.807) is 52.0 Å². The Bertz CT molecular complexity index is 969. The molecule has 8 nitrogen and oxygen atoms in total. The zero-order valence-corrected chi connectivity index (χ0v) is 19.3. The van der Waals surface area contributed by atoms with E-state index in [-0.39, 0.29) is 23.9 Å². The van der Waals surface area contributed by atoms with Crippen LogP contribution >= 0.6 is 23.6 Å². The van der Waals surface area contributed by atoms with Gasteiger partial charge < -0.3 is 24.8 Å². The monoisotopic (exact) mass is 464 g/mol. The Hall–Kier alpha value is -2.98. The van der Waals surface area contributed by atoms with Gasteiger partial charge in [0.15, 0.2) is 5.11 Å². The van der Waals surface area contributed by atoms with E-state index in [9.17, 15) is 14.4 Å². The number of nitrogens with one attached hydrogen (secondary N) is 2. The van der Waals surface area contributed by atoms with Crippen molar-refractivity contribution in [3.8, 4) is 0 Å². The van der Waals surface area contributed by atoms with Crippen LogP contribution in [0.25, 0.3) is 0 Å². The van der Waals surface area contributed by atoms with Crippen LogP contribution in [0, 0.1) is 6.92 Å². The number of hydrogen-bond donors (Lipinski definition) is 2. The van der Waals surface area contributed by atoms with Crippen molar-refractivity contribution in [3.63, 3.8) is 0 Å². The third-order valence-electron chi connectivity index (χ3n) is 3.97. The number of carbonyl (C=O) groups is 3. The first-order valence-corrected chi connectivity index (χ1v) is 10.9. The smallest absolute Gasteiger partial charge is 0.348 e. The van der Waals surface area contributed by atoms with Gasteiger partial charge in [0.25, 0.3) is 0 Å². The standard InChI is InChI=1S/C21H24N2O6S2/c1-5-27-18(24)13-8-10-14(11-9-13)22-21(30)23-17-15(19(25)28-6-2)12(4)16(31-17)20(26)29-7-3/h8-11H,5-7H2,1-4H3,(H2,22,23,30). The van der Waals surface area contributed by atoms with E-state index in [2.05, 4.69) is 10.6 Å². The van der Waals surface area contributed by atoms with E-state index in [0.29, 0.717) is 33.3 Å². The van der Waals surface area contributed by atoms with E-state index in [1.165, 1.54) is 0 Å². The number of benzene rings is 1. The zero-order valence-electron chi connectivity index (χ0n) is 17.7. The molecule has 0 fully saturated rings. The molecule has 0 aliphatic rings. The Kier molecular flexibility index (Phi) is 8.95. The summed E-state index contributed by atoms with van der Waals surface area (Å²) in [4.78, 5) is 36.8. The molecular formula is C21H24N2O6S2. The highest BCUT2D eigenvalue weighted by Gasteiger charge is 2.26. The van der Waals surface area contributed by atoms with Crippen molar-refractivity contribution in [1.82, 2.24) is 0 Å². The molecule has 0 atom stereocenters. The van der Waals surface area contributed by atoms with E-state index in [4.69, 9.17) is 26.4 Å². The summed E-state index contributed by atoms with van der Waals surface area (Å²) in [6.45, 7) is 7.51. The first-order chi connectivity index (χ1) is 14.8. The molecule has 10 heteroatoms. The highest BCUT2D eigenvalue weighted by Crippen LogP contribution is 2.34. The van der Waals surface area contributed by atoms with Crippen LogP contribution < -0.4 is 10.6 Å². The molecule has 0 saturated heterocycles. The molecule has 1 aromatic carbocycles. The highest BCUT2D eigenvalue weighted by atomic mass is 32.1. The molecule has 2 aromatic rings. The normalized spacial score (nSPS) is 10.2. The Morgan fingerprint density at radius 2 is 1.42 bits per heavy atom. The van der Waals surface area contributed by atoms with Crippen LogP contribution in [-0.4, -0.2) is 42.8 Å². The lowest BCUT2D eigenvalue weighted by Gasteiger charge is -2.11. The summed E-state index contributed by atoms with van der Waals surface area (Å²) in [5, 5.41) is 6.50. The number of esters is 3. The maximum Gasteiger partial charge on any atom is 0.348 e. The van der Waals surface area contributed by atoms with E-state index < -0.39 is 17.9 Å². The number of thiophene rings is 1. The number of anilines is 2. The molecule has 0 unspecified atom stereocenters. The maximum atomic E-state index is 12.5. The lowest BCUT2D eigenvalue weighted by atomic mass is 10.1. The summed E-state index contributed by atoms with van der Waals surface area (Å²) >= 11 is 6.41. The lowest BCUT2D eigenvalue weighted by Crippen LogP contribution is -2.20. The second kappa shape index (κ2) is 11.4. The molecule has 0 spiro atoms. The van der Waals surface area contributed by atoms with Crippen molar-refractivity contribution in [2.24, 2.45) is 0 Å². The van der Waals surface area contributed by atoms with Crippen LogP contribution in [0.3, 0.4) is 0 Å². The zero-order chi connectivity index (χ0) is 23.0. The van der Waals surface area contributed by atoms with Gasteiger partial charge in [0.05, 0.1) is 30.9 Å². The first kappa shape index (κ1) is 24.3. The topological polar surface area (TPSA) is 103 Å². The van der Waals surface area contributed by atoms with Crippen molar-refractivity contribution in [2.45, 2.75) is 27.7 Å². The van der Waals surface area contributed by atoms with Gasteiger partial charge in [-0.3, -0.25) is 0 Å². The molecule has 31 heavy (non-hydrogen) atoms. The van der Waals surface area contributed by atoms with Crippen molar-refractivity contribution < 1.29 is 28.6 Å². The SMILES string of the molecule is CCOC(=O)c1ccc(NC(=S)Nc2sc(C(=O)OCC)c(C)c2C(=O)OCC)cc1. The van der Waals surface area contributed by atoms with Crippen LogP contribution in [0.15, 0.2) is 24.3 Å². The summed E-state index contributed by atoms with van der Waals surface area (Å²) in [7, 11) is 0. The summed E-state index contributed by atoms with van der Waals surface area (Å²) in [6, 6.07) is 6.58. The fraction of sp³-hybridized carbons (Fsp3) is 0.333. The Morgan fingerprint density at radius 1 is 0.871 bits per heavy atom. The Morgan fingerprint density at radius 3 is 2.00 bits per heavy atom. The van der Waals surface area contributed by atoms with Gasteiger partial charge in [-0.05, 0) is 69.7 Å². The van der Waals surface area contributed by atoms with E-state index >= 15 is 0 Å². The van der Waals surface area contributed by atoms with Crippen molar-refractivity contribution >= 4 is 57.3 Å². The number of rotatable bonds is 8. The fourth-order valence-corrected chi connectivity index (χ4v) is 3.99. The molecule has 2 N–H and O–H groups in total. The minimum absolute atomic E-state index is 0.192. The molecule has 0 aliphatic heterocycles.